The average Bonchev–Trinajstić information content (AvgIpc) is 2.32. The average molecular weight is 257 g/mol. The van der Waals surface area contributed by atoms with Crippen LogP contribution in [0.1, 0.15) is 12.5 Å². The van der Waals surface area contributed by atoms with Gasteiger partial charge in [-0.1, -0.05) is 23.7 Å². The maximum absolute atomic E-state index is 11.1. The van der Waals surface area contributed by atoms with E-state index in [0.29, 0.717) is 11.4 Å². The normalized spacial score (nSPS) is 9.76. The molecule has 0 saturated carbocycles. The van der Waals surface area contributed by atoms with Crippen molar-refractivity contribution in [3.8, 4) is 0 Å². The van der Waals surface area contributed by atoms with Crippen molar-refractivity contribution in [1.29, 1.82) is 0 Å². The van der Waals surface area contributed by atoms with Gasteiger partial charge in [0, 0.05) is 11.4 Å². The Morgan fingerprint density at radius 1 is 1.12 bits per heavy atom. The van der Waals surface area contributed by atoms with Gasteiger partial charge in [-0.3, -0.25) is 0 Å². The molecule has 1 aromatic rings. The van der Waals surface area contributed by atoms with Gasteiger partial charge >= 0.3 is 11.9 Å². The van der Waals surface area contributed by atoms with Gasteiger partial charge in [0.05, 0.1) is 13.2 Å². The fraction of sp³-hybridized carbons (Fsp3) is 0.333. The molecule has 5 heteroatoms. The molecule has 0 aliphatic heterocycles. The van der Waals surface area contributed by atoms with E-state index in [2.05, 4.69) is 4.74 Å². The third-order valence-corrected chi connectivity index (χ3v) is 2.23. The summed E-state index contributed by atoms with van der Waals surface area (Å²) in [5.74, 6) is -1.91. The Morgan fingerprint density at radius 2 is 1.71 bits per heavy atom. The minimum Gasteiger partial charge on any atom is -0.458 e. The van der Waals surface area contributed by atoms with Gasteiger partial charge in [-0.15, -0.1) is 0 Å². The lowest BCUT2D eigenvalue weighted by Crippen LogP contribution is -2.21. The monoisotopic (exact) mass is 256 g/mol. The predicted molar refractivity (Wildman–Crippen MR) is 62.7 cm³/mol. The fourth-order valence-corrected chi connectivity index (χ4v) is 1.29. The summed E-state index contributed by atoms with van der Waals surface area (Å²) < 4.78 is 9.24. The van der Waals surface area contributed by atoms with Gasteiger partial charge < -0.3 is 9.47 Å². The second kappa shape index (κ2) is 6.91. The molecule has 0 N–H and O–H groups in total. The van der Waals surface area contributed by atoms with E-state index in [0.717, 1.165) is 5.56 Å². The second-order valence-corrected chi connectivity index (χ2v) is 3.67. The molecule has 0 spiro atoms. The van der Waals surface area contributed by atoms with E-state index in [4.69, 9.17) is 16.3 Å². The first kappa shape index (κ1) is 13.5. The Hall–Kier alpha value is -1.55. The molecule has 0 aliphatic rings. The van der Waals surface area contributed by atoms with E-state index < -0.39 is 11.9 Å². The van der Waals surface area contributed by atoms with E-state index in [1.807, 2.05) is 12.1 Å². The number of benzene rings is 1. The summed E-state index contributed by atoms with van der Waals surface area (Å²) in [6.07, 6.45) is 0.530. The summed E-state index contributed by atoms with van der Waals surface area (Å²) in [5.41, 5.74) is 0.978. The molecule has 17 heavy (non-hydrogen) atoms. The molecule has 0 aliphatic carbocycles. The Morgan fingerprint density at radius 3 is 2.29 bits per heavy atom. The lowest BCUT2D eigenvalue weighted by Gasteiger charge is -2.04. The largest absolute Gasteiger partial charge is 0.458 e. The second-order valence-electron chi connectivity index (χ2n) is 3.23. The number of rotatable bonds is 4. The minimum absolute atomic E-state index is 0.138. The molecule has 0 fully saturated rings. The summed E-state index contributed by atoms with van der Waals surface area (Å²) in [6, 6.07) is 7.18. The van der Waals surface area contributed by atoms with Gasteiger partial charge in [0.25, 0.3) is 0 Å². The molecular formula is C12H13ClO4. The molecule has 0 aromatic heterocycles. The first-order chi connectivity index (χ1) is 8.13. The minimum atomic E-state index is -0.958. The molecule has 0 amide bonds. The van der Waals surface area contributed by atoms with Crippen molar-refractivity contribution in [3.63, 3.8) is 0 Å². The zero-order valence-electron chi connectivity index (χ0n) is 9.44. The third-order valence-electron chi connectivity index (χ3n) is 1.98. The molecule has 0 unspecified atom stereocenters. The van der Waals surface area contributed by atoms with Gasteiger partial charge in [0.2, 0.25) is 0 Å². The lowest BCUT2D eigenvalue weighted by atomic mass is 10.2. The van der Waals surface area contributed by atoms with E-state index in [9.17, 15) is 9.59 Å². The number of esters is 2. The van der Waals surface area contributed by atoms with Gasteiger partial charge in [0.15, 0.2) is 0 Å². The number of hydrogen-bond donors (Lipinski definition) is 0. The first-order valence-corrected chi connectivity index (χ1v) is 5.59. The van der Waals surface area contributed by atoms with Crippen LogP contribution in [0, 0.1) is 0 Å². The van der Waals surface area contributed by atoms with Crippen LogP contribution >= 0.6 is 11.6 Å². The lowest BCUT2D eigenvalue weighted by molar-refractivity contribution is -0.167. The molecule has 0 bridgehead atoms. The van der Waals surface area contributed by atoms with Gasteiger partial charge in [0.1, 0.15) is 0 Å². The van der Waals surface area contributed by atoms with Crippen LogP contribution in [0.25, 0.3) is 0 Å². The maximum atomic E-state index is 11.1. The van der Waals surface area contributed by atoms with Gasteiger partial charge in [-0.05, 0) is 24.6 Å². The van der Waals surface area contributed by atoms with Crippen molar-refractivity contribution < 1.29 is 19.1 Å². The van der Waals surface area contributed by atoms with E-state index in [1.165, 1.54) is 0 Å². The number of carbonyl (C=O) groups excluding carboxylic acids is 2. The van der Waals surface area contributed by atoms with Crippen LogP contribution in [0.4, 0.5) is 0 Å². The van der Waals surface area contributed by atoms with Crippen LogP contribution in [0.5, 0.6) is 0 Å². The van der Waals surface area contributed by atoms with Crippen LogP contribution in [-0.2, 0) is 25.5 Å². The van der Waals surface area contributed by atoms with Crippen molar-refractivity contribution >= 4 is 23.5 Å². The molecular weight excluding hydrogens is 244 g/mol. The summed E-state index contributed by atoms with van der Waals surface area (Å²) in [5, 5.41) is 0.650. The van der Waals surface area contributed by atoms with Crippen LogP contribution < -0.4 is 0 Å². The van der Waals surface area contributed by atoms with Crippen molar-refractivity contribution in [2.24, 2.45) is 0 Å². The zero-order valence-corrected chi connectivity index (χ0v) is 10.2. The smallest absolute Gasteiger partial charge is 0.417 e. The van der Waals surface area contributed by atoms with Crippen molar-refractivity contribution in [2.75, 3.05) is 13.2 Å². The Bertz CT molecular complexity index is 386. The molecule has 4 nitrogen and oxygen atoms in total. The van der Waals surface area contributed by atoms with Gasteiger partial charge in [-0.25, -0.2) is 9.59 Å². The number of hydrogen-bond acceptors (Lipinski definition) is 4. The Kier molecular flexibility index (Phi) is 5.49. The standard InChI is InChI=1S/C12H13ClO4/c1-2-16-11(14)12(15)17-8-7-9-3-5-10(13)6-4-9/h3-6H,2,7-8H2,1H3. The molecule has 92 valence electrons. The summed E-state index contributed by atoms with van der Waals surface area (Å²) in [4.78, 5) is 22.0. The van der Waals surface area contributed by atoms with Gasteiger partial charge in [-0.2, -0.15) is 0 Å². The molecule has 0 saturated heterocycles. The summed E-state index contributed by atoms with van der Waals surface area (Å²) >= 11 is 5.73. The highest BCUT2D eigenvalue weighted by Gasteiger charge is 2.15. The SMILES string of the molecule is CCOC(=O)C(=O)OCCc1ccc(Cl)cc1. The molecule has 0 radical (unpaired) electrons. The maximum Gasteiger partial charge on any atom is 0.417 e. The summed E-state index contributed by atoms with van der Waals surface area (Å²) in [7, 11) is 0. The Labute approximate surface area is 104 Å². The zero-order chi connectivity index (χ0) is 12.7. The highest BCUT2D eigenvalue weighted by Crippen LogP contribution is 2.09. The fourth-order valence-electron chi connectivity index (χ4n) is 1.16. The van der Waals surface area contributed by atoms with Crippen molar-refractivity contribution in [1.82, 2.24) is 0 Å². The topological polar surface area (TPSA) is 52.6 Å². The van der Waals surface area contributed by atoms with Crippen LogP contribution in [0.2, 0.25) is 5.02 Å². The Balaban J connectivity index is 2.30. The van der Waals surface area contributed by atoms with E-state index >= 15 is 0 Å². The van der Waals surface area contributed by atoms with Crippen LogP contribution in [0.3, 0.4) is 0 Å². The van der Waals surface area contributed by atoms with Crippen molar-refractivity contribution in [2.45, 2.75) is 13.3 Å². The third kappa shape index (κ3) is 4.87. The molecule has 0 atom stereocenters. The quantitative estimate of drug-likeness (QED) is 0.611. The van der Waals surface area contributed by atoms with E-state index in [1.54, 1.807) is 19.1 Å². The molecule has 0 heterocycles. The number of carbonyl (C=O) groups is 2. The highest BCUT2D eigenvalue weighted by molar-refractivity contribution is 6.30. The highest BCUT2D eigenvalue weighted by atomic mass is 35.5. The van der Waals surface area contributed by atoms with Crippen LogP contribution in [0.15, 0.2) is 24.3 Å². The molecule has 1 aromatic carbocycles. The number of ether oxygens (including phenoxy) is 2. The predicted octanol–water partition coefficient (Wildman–Crippen LogP) is 1.99. The van der Waals surface area contributed by atoms with E-state index in [-0.39, 0.29) is 13.2 Å². The molecule has 1 rings (SSSR count). The number of halogens is 1. The first-order valence-electron chi connectivity index (χ1n) is 5.21. The summed E-state index contributed by atoms with van der Waals surface area (Å²) in [6.45, 7) is 1.92. The van der Waals surface area contributed by atoms with Crippen molar-refractivity contribution in [3.05, 3.63) is 34.9 Å². The van der Waals surface area contributed by atoms with Crippen LogP contribution in [-0.4, -0.2) is 25.2 Å².